The number of tetrazole rings is 1. The molecule has 1 aromatic rings. The molecule has 0 bridgehead atoms. The van der Waals surface area contributed by atoms with Crippen LogP contribution in [0.25, 0.3) is 0 Å². The highest BCUT2D eigenvalue weighted by atomic mass is 16.2. The minimum Gasteiger partial charge on any atom is -0.355 e. The molecular weight excluding hydrogens is 208 g/mol. The van der Waals surface area contributed by atoms with Gasteiger partial charge in [-0.2, -0.15) is 4.80 Å². The molecule has 2 rings (SSSR count). The summed E-state index contributed by atoms with van der Waals surface area (Å²) in [6.07, 6.45) is 0.997. The summed E-state index contributed by atoms with van der Waals surface area (Å²) < 4.78 is 0. The minimum absolute atomic E-state index is 0.0580. The van der Waals surface area contributed by atoms with E-state index in [1.54, 1.807) is 7.05 Å². The Hall–Kier alpha value is -1.50. The second-order valence-corrected chi connectivity index (χ2v) is 4.11. The first-order chi connectivity index (χ1) is 7.66. The summed E-state index contributed by atoms with van der Waals surface area (Å²) in [5.74, 6) is 1.00. The van der Waals surface area contributed by atoms with Crippen molar-refractivity contribution in [2.75, 3.05) is 6.54 Å². The average molecular weight is 224 g/mol. The number of rotatable bonds is 3. The van der Waals surface area contributed by atoms with Crippen molar-refractivity contribution in [3.8, 4) is 0 Å². The fraction of sp³-hybridized carbons (Fsp3) is 0.778. The van der Waals surface area contributed by atoms with E-state index >= 15 is 0 Å². The molecule has 0 aromatic carbocycles. The molecule has 2 heterocycles. The molecule has 1 amide bonds. The van der Waals surface area contributed by atoms with Crippen LogP contribution in [-0.4, -0.2) is 38.7 Å². The van der Waals surface area contributed by atoms with Gasteiger partial charge in [0.15, 0.2) is 5.82 Å². The van der Waals surface area contributed by atoms with Gasteiger partial charge in [0.2, 0.25) is 5.91 Å². The van der Waals surface area contributed by atoms with Gasteiger partial charge < -0.3 is 5.32 Å². The molecule has 1 aromatic heterocycles. The predicted octanol–water partition coefficient (Wildman–Crippen LogP) is -1.18. The Morgan fingerprint density at radius 3 is 3.06 bits per heavy atom. The van der Waals surface area contributed by atoms with Crippen LogP contribution in [0.2, 0.25) is 0 Å². The van der Waals surface area contributed by atoms with Crippen LogP contribution in [0.4, 0.5) is 0 Å². The molecule has 7 nitrogen and oxygen atoms in total. The molecule has 88 valence electrons. The maximum absolute atomic E-state index is 11.6. The summed E-state index contributed by atoms with van der Waals surface area (Å²) in [7, 11) is 1.71. The molecule has 7 heteroatoms. The lowest BCUT2D eigenvalue weighted by atomic mass is 9.94. The smallest absolute Gasteiger partial charge is 0.237 e. The number of nitrogens with zero attached hydrogens (tertiary/aromatic N) is 4. The number of carbonyl (C=O) groups is 1. The van der Waals surface area contributed by atoms with Crippen LogP contribution in [0.5, 0.6) is 0 Å². The highest BCUT2D eigenvalue weighted by Gasteiger charge is 2.28. The summed E-state index contributed by atoms with van der Waals surface area (Å²) >= 11 is 0. The van der Waals surface area contributed by atoms with Crippen molar-refractivity contribution < 1.29 is 4.79 Å². The lowest BCUT2D eigenvalue weighted by Crippen LogP contribution is -2.52. The molecule has 1 fully saturated rings. The Morgan fingerprint density at radius 1 is 1.62 bits per heavy atom. The number of aromatic nitrogens is 4. The third kappa shape index (κ3) is 2.35. The number of hydrogen-bond donors (Lipinski definition) is 2. The lowest BCUT2D eigenvalue weighted by molar-refractivity contribution is -0.126. The van der Waals surface area contributed by atoms with Gasteiger partial charge in [-0.1, -0.05) is 6.92 Å². The third-order valence-electron chi connectivity index (χ3n) is 2.78. The summed E-state index contributed by atoms with van der Waals surface area (Å²) in [6.45, 7) is 3.30. The van der Waals surface area contributed by atoms with Crippen LogP contribution in [0.1, 0.15) is 19.2 Å². The van der Waals surface area contributed by atoms with Gasteiger partial charge in [0.25, 0.3) is 0 Å². The molecule has 16 heavy (non-hydrogen) atoms. The quantitative estimate of drug-likeness (QED) is 0.675. The van der Waals surface area contributed by atoms with Gasteiger partial charge in [0.05, 0.1) is 19.6 Å². The van der Waals surface area contributed by atoms with Gasteiger partial charge >= 0.3 is 0 Å². The molecule has 0 aliphatic carbocycles. The van der Waals surface area contributed by atoms with Crippen LogP contribution in [0.3, 0.4) is 0 Å². The molecule has 1 aliphatic rings. The van der Waals surface area contributed by atoms with Crippen LogP contribution in [0, 0.1) is 5.92 Å². The first-order valence-corrected chi connectivity index (χ1v) is 5.41. The monoisotopic (exact) mass is 224 g/mol. The average Bonchev–Trinajstić information content (AvgIpc) is 2.63. The largest absolute Gasteiger partial charge is 0.355 e. The van der Waals surface area contributed by atoms with E-state index in [2.05, 4.69) is 33.0 Å². The van der Waals surface area contributed by atoms with Crippen LogP contribution >= 0.6 is 0 Å². The minimum atomic E-state index is -0.155. The Balaban J connectivity index is 1.91. The fourth-order valence-electron chi connectivity index (χ4n) is 1.85. The Labute approximate surface area is 93.6 Å². The van der Waals surface area contributed by atoms with Crippen molar-refractivity contribution in [2.24, 2.45) is 13.0 Å². The molecule has 0 radical (unpaired) electrons. The van der Waals surface area contributed by atoms with E-state index in [0.29, 0.717) is 18.3 Å². The van der Waals surface area contributed by atoms with Gasteiger partial charge in [-0.25, -0.2) is 0 Å². The fourth-order valence-corrected chi connectivity index (χ4v) is 1.85. The maximum Gasteiger partial charge on any atom is 0.237 e. The standard InChI is InChI=1S/C9H16N6O/c1-6-3-4-10-9(16)8(6)11-5-7-12-14-15(2)13-7/h6,8,11H,3-5H2,1-2H3,(H,10,16). The van der Waals surface area contributed by atoms with E-state index in [0.717, 1.165) is 13.0 Å². The van der Waals surface area contributed by atoms with E-state index in [4.69, 9.17) is 0 Å². The summed E-state index contributed by atoms with van der Waals surface area (Å²) in [6, 6.07) is -0.155. The first-order valence-electron chi connectivity index (χ1n) is 5.41. The van der Waals surface area contributed by atoms with Gasteiger partial charge in [-0.15, -0.1) is 10.2 Å². The van der Waals surface area contributed by atoms with E-state index in [1.807, 2.05) is 0 Å². The van der Waals surface area contributed by atoms with Gasteiger partial charge in [-0.05, 0) is 17.6 Å². The molecule has 2 unspecified atom stereocenters. The maximum atomic E-state index is 11.6. The van der Waals surface area contributed by atoms with Crippen LogP contribution in [-0.2, 0) is 18.4 Å². The molecule has 2 N–H and O–H groups in total. The number of carbonyl (C=O) groups excluding carboxylic acids is 1. The highest BCUT2D eigenvalue weighted by molar-refractivity contribution is 5.82. The Bertz CT molecular complexity index is 376. The van der Waals surface area contributed by atoms with E-state index in [-0.39, 0.29) is 11.9 Å². The molecule has 1 aliphatic heterocycles. The van der Waals surface area contributed by atoms with Crippen molar-refractivity contribution in [2.45, 2.75) is 25.9 Å². The van der Waals surface area contributed by atoms with Gasteiger partial charge in [0, 0.05) is 6.54 Å². The van der Waals surface area contributed by atoms with Gasteiger partial charge in [0.1, 0.15) is 0 Å². The number of aryl methyl sites for hydroxylation is 1. The van der Waals surface area contributed by atoms with E-state index in [1.165, 1.54) is 4.80 Å². The van der Waals surface area contributed by atoms with E-state index in [9.17, 15) is 4.79 Å². The van der Waals surface area contributed by atoms with Crippen molar-refractivity contribution in [3.63, 3.8) is 0 Å². The predicted molar refractivity (Wildman–Crippen MR) is 56.2 cm³/mol. The third-order valence-corrected chi connectivity index (χ3v) is 2.78. The Morgan fingerprint density at radius 2 is 2.44 bits per heavy atom. The molecule has 0 spiro atoms. The zero-order chi connectivity index (χ0) is 11.5. The SMILES string of the molecule is CC1CCNC(=O)C1NCc1nnn(C)n1. The molecular formula is C9H16N6O. The van der Waals surface area contributed by atoms with E-state index < -0.39 is 0 Å². The summed E-state index contributed by atoms with van der Waals surface area (Å²) in [5.41, 5.74) is 0. The summed E-state index contributed by atoms with van der Waals surface area (Å²) in [4.78, 5) is 13.0. The number of nitrogens with one attached hydrogen (secondary N) is 2. The van der Waals surface area contributed by atoms with Crippen LogP contribution < -0.4 is 10.6 Å². The zero-order valence-electron chi connectivity index (χ0n) is 9.47. The zero-order valence-corrected chi connectivity index (χ0v) is 9.47. The molecule has 0 saturated carbocycles. The lowest BCUT2D eigenvalue weighted by Gasteiger charge is -2.28. The number of amides is 1. The molecule has 1 saturated heterocycles. The second kappa shape index (κ2) is 4.56. The normalized spacial score (nSPS) is 25.5. The van der Waals surface area contributed by atoms with Crippen molar-refractivity contribution >= 4 is 5.91 Å². The summed E-state index contributed by atoms with van der Waals surface area (Å²) in [5, 5.41) is 17.6. The highest BCUT2D eigenvalue weighted by Crippen LogP contribution is 2.12. The Kier molecular flexibility index (Phi) is 3.14. The first kappa shape index (κ1) is 11.0. The number of hydrogen-bond acceptors (Lipinski definition) is 5. The number of piperidine rings is 1. The van der Waals surface area contributed by atoms with Gasteiger partial charge in [-0.3, -0.25) is 10.1 Å². The van der Waals surface area contributed by atoms with Crippen molar-refractivity contribution in [1.29, 1.82) is 0 Å². The topological polar surface area (TPSA) is 84.7 Å². The van der Waals surface area contributed by atoms with Crippen molar-refractivity contribution in [3.05, 3.63) is 5.82 Å². The second-order valence-electron chi connectivity index (χ2n) is 4.11. The molecule has 2 atom stereocenters. The van der Waals surface area contributed by atoms with Crippen molar-refractivity contribution in [1.82, 2.24) is 30.8 Å². The van der Waals surface area contributed by atoms with Crippen LogP contribution in [0.15, 0.2) is 0 Å².